The van der Waals surface area contributed by atoms with Gasteiger partial charge in [0.2, 0.25) is 5.90 Å². The van der Waals surface area contributed by atoms with Gasteiger partial charge in [-0.1, -0.05) is 47.6 Å². The highest BCUT2D eigenvalue weighted by Crippen LogP contribution is 2.44. The van der Waals surface area contributed by atoms with E-state index in [0.717, 1.165) is 6.54 Å². The number of sulfone groups is 1. The summed E-state index contributed by atoms with van der Waals surface area (Å²) in [7, 11) is 0.0895. The lowest BCUT2D eigenvalue weighted by Crippen LogP contribution is -2.50. The largest absolute Gasteiger partial charge is 0.494 e. The lowest BCUT2D eigenvalue weighted by Gasteiger charge is -2.31. The standard InChI is InChI=1S/C33H40N6O6S/c1-39(2)20-8-19-35-32(41)33(18-23-46(42,43)28-11-4-3-5-12-28)30(29-13-7-6-10-26(29)24-36-38-34)45-31(37-33)25-14-16-27(17-15-25)44-22-9-21-40/h3-7,10-17,30,40H,8-9,18-24H2,1-2H3,(H,35,41)/t30-,33-/m1/s1. The minimum atomic E-state index is -3.80. The molecule has 2 atom stereocenters. The Balaban J connectivity index is 1.79. The molecule has 0 spiro atoms. The zero-order valence-corrected chi connectivity index (χ0v) is 26.9. The van der Waals surface area contributed by atoms with Crippen molar-refractivity contribution >= 4 is 21.6 Å². The molecule has 2 N–H and O–H groups in total. The summed E-state index contributed by atoms with van der Waals surface area (Å²) < 4.78 is 39.2. The summed E-state index contributed by atoms with van der Waals surface area (Å²) in [5, 5.41) is 15.8. The van der Waals surface area contributed by atoms with Gasteiger partial charge in [0, 0.05) is 36.5 Å². The van der Waals surface area contributed by atoms with Crippen LogP contribution in [-0.2, 0) is 25.9 Å². The van der Waals surface area contributed by atoms with Crippen molar-refractivity contribution < 1.29 is 27.8 Å². The monoisotopic (exact) mass is 648 g/mol. The Kier molecular flexibility index (Phi) is 12.2. The number of nitrogens with zero attached hydrogens (tertiary/aromatic N) is 5. The topological polar surface area (TPSA) is 166 Å². The van der Waals surface area contributed by atoms with Crippen LogP contribution in [0.3, 0.4) is 0 Å². The van der Waals surface area contributed by atoms with E-state index in [1.54, 1.807) is 66.7 Å². The first kappa shape index (κ1) is 34.5. The van der Waals surface area contributed by atoms with Gasteiger partial charge in [-0.25, -0.2) is 13.4 Å². The first-order chi connectivity index (χ1) is 22.2. The van der Waals surface area contributed by atoms with Crippen molar-refractivity contribution in [1.82, 2.24) is 10.2 Å². The van der Waals surface area contributed by atoms with E-state index >= 15 is 0 Å². The summed E-state index contributed by atoms with van der Waals surface area (Å²) in [6, 6.07) is 22.2. The minimum absolute atomic E-state index is 0.00455. The second-order valence-electron chi connectivity index (χ2n) is 11.2. The summed E-state index contributed by atoms with van der Waals surface area (Å²) in [6.45, 7) is 1.47. The van der Waals surface area contributed by atoms with Gasteiger partial charge in [-0.2, -0.15) is 0 Å². The molecule has 12 nitrogen and oxygen atoms in total. The number of hydrogen-bond donors (Lipinski definition) is 2. The van der Waals surface area contributed by atoms with Crippen molar-refractivity contribution in [3.8, 4) is 5.75 Å². The second kappa shape index (κ2) is 16.2. The molecule has 1 aliphatic rings. The van der Waals surface area contributed by atoms with E-state index in [2.05, 4.69) is 15.3 Å². The van der Waals surface area contributed by atoms with Gasteiger partial charge in [0.25, 0.3) is 5.91 Å². The summed E-state index contributed by atoms with van der Waals surface area (Å²) in [5.74, 6) is -0.0661. The Hall–Kier alpha value is -4.42. The predicted molar refractivity (Wildman–Crippen MR) is 175 cm³/mol. The minimum Gasteiger partial charge on any atom is -0.494 e. The number of aliphatic hydroxyl groups is 1. The van der Waals surface area contributed by atoms with E-state index in [1.807, 2.05) is 19.0 Å². The van der Waals surface area contributed by atoms with Crippen molar-refractivity contribution in [3.63, 3.8) is 0 Å². The molecular formula is C33H40N6O6S. The highest BCUT2D eigenvalue weighted by atomic mass is 32.2. The van der Waals surface area contributed by atoms with E-state index in [0.29, 0.717) is 48.4 Å². The van der Waals surface area contributed by atoms with Crippen molar-refractivity contribution in [3.05, 3.63) is 106 Å². The van der Waals surface area contributed by atoms with Crippen LogP contribution in [0, 0.1) is 0 Å². The van der Waals surface area contributed by atoms with Gasteiger partial charge in [0.1, 0.15) is 5.75 Å². The Morgan fingerprint density at radius 3 is 2.50 bits per heavy atom. The molecule has 3 aromatic carbocycles. The van der Waals surface area contributed by atoms with E-state index in [-0.39, 0.29) is 36.1 Å². The number of nitrogens with one attached hydrogen (secondary N) is 1. The Bertz CT molecular complexity index is 1640. The number of hydrogen-bond acceptors (Lipinski definition) is 9. The van der Waals surface area contributed by atoms with Gasteiger partial charge in [0.15, 0.2) is 21.5 Å². The van der Waals surface area contributed by atoms with Gasteiger partial charge < -0.3 is 24.8 Å². The Morgan fingerprint density at radius 2 is 1.80 bits per heavy atom. The molecule has 0 saturated carbocycles. The molecule has 1 heterocycles. The normalized spacial score (nSPS) is 17.6. The Labute approximate surface area is 269 Å². The highest BCUT2D eigenvalue weighted by molar-refractivity contribution is 7.91. The van der Waals surface area contributed by atoms with Gasteiger partial charge in [-0.3, -0.25) is 4.79 Å². The first-order valence-corrected chi connectivity index (χ1v) is 16.8. The molecule has 0 bridgehead atoms. The number of amides is 1. The fourth-order valence-electron chi connectivity index (χ4n) is 5.17. The van der Waals surface area contributed by atoms with E-state index in [9.17, 15) is 13.2 Å². The predicted octanol–water partition coefficient (Wildman–Crippen LogP) is 4.45. The smallest absolute Gasteiger partial charge is 0.252 e. The van der Waals surface area contributed by atoms with Crippen LogP contribution in [0.4, 0.5) is 0 Å². The maximum atomic E-state index is 14.3. The van der Waals surface area contributed by atoms with Gasteiger partial charge in [-0.15, -0.1) is 0 Å². The lowest BCUT2D eigenvalue weighted by atomic mass is 9.83. The van der Waals surface area contributed by atoms with E-state index in [1.165, 1.54) is 12.1 Å². The SMILES string of the molecule is CN(C)CCCNC(=O)[C@]1(CCS(=O)(=O)c2ccccc2)N=C(c2ccc(OCCCO)cc2)O[C@@H]1c1ccccc1CN=[N+]=[N-]. The molecule has 0 unspecified atom stereocenters. The zero-order valence-electron chi connectivity index (χ0n) is 26.1. The average Bonchev–Trinajstić information content (AvgIpc) is 3.46. The number of aliphatic hydroxyl groups excluding tert-OH is 1. The van der Waals surface area contributed by atoms with Crippen LogP contribution in [0.5, 0.6) is 5.75 Å². The summed E-state index contributed by atoms with van der Waals surface area (Å²) >= 11 is 0. The second-order valence-corrected chi connectivity index (χ2v) is 13.3. The van der Waals surface area contributed by atoms with Crippen molar-refractivity contribution in [1.29, 1.82) is 0 Å². The zero-order chi connectivity index (χ0) is 33.0. The molecule has 13 heteroatoms. The van der Waals surface area contributed by atoms with Gasteiger partial charge >= 0.3 is 0 Å². The van der Waals surface area contributed by atoms with Crippen LogP contribution in [-0.4, -0.2) is 81.9 Å². The molecule has 3 aromatic rings. The average molecular weight is 649 g/mol. The molecule has 0 saturated heterocycles. The molecule has 1 amide bonds. The molecule has 244 valence electrons. The highest BCUT2D eigenvalue weighted by Gasteiger charge is 2.54. The number of rotatable bonds is 17. The fourth-order valence-corrected chi connectivity index (χ4v) is 6.56. The maximum Gasteiger partial charge on any atom is 0.252 e. The lowest BCUT2D eigenvalue weighted by molar-refractivity contribution is -0.129. The third-order valence-corrected chi connectivity index (χ3v) is 9.33. The third-order valence-electron chi connectivity index (χ3n) is 7.59. The number of carbonyl (C=O) groups is 1. The summed E-state index contributed by atoms with van der Waals surface area (Å²) in [4.78, 5) is 24.3. The molecule has 46 heavy (non-hydrogen) atoms. The molecular weight excluding hydrogens is 608 g/mol. The number of benzene rings is 3. The van der Waals surface area contributed by atoms with Crippen molar-refractivity contribution in [2.24, 2.45) is 10.1 Å². The molecule has 0 fully saturated rings. The number of carbonyl (C=O) groups excluding carboxylic acids is 1. The Morgan fingerprint density at radius 1 is 1.09 bits per heavy atom. The number of aliphatic imine (C=N–C) groups is 1. The fraction of sp³-hybridized carbons (Fsp3) is 0.394. The molecule has 4 rings (SSSR count). The number of ether oxygens (including phenoxy) is 2. The van der Waals surface area contributed by atoms with Crippen LogP contribution in [0.15, 0.2) is 93.9 Å². The summed E-state index contributed by atoms with van der Waals surface area (Å²) in [5.41, 5.74) is 9.14. The van der Waals surface area contributed by atoms with Crippen LogP contribution in [0.1, 0.15) is 42.1 Å². The van der Waals surface area contributed by atoms with Crippen molar-refractivity contribution in [2.45, 2.75) is 42.3 Å². The summed E-state index contributed by atoms with van der Waals surface area (Å²) in [6.07, 6.45) is -0.0273. The van der Waals surface area contributed by atoms with Crippen LogP contribution in [0.25, 0.3) is 10.4 Å². The quantitative estimate of drug-likeness (QED) is 0.0944. The third kappa shape index (κ3) is 8.64. The molecule has 0 aliphatic carbocycles. The van der Waals surface area contributed by atoms with Crippen molar-refractivity contribution in [2.75, 3.05) is 46.2 Å². The van der Waals surface area contributed by atoms with Gasteiger partial charge in [-0.05, 0) is 80.1 Å². The van der Waals surface area contributed by atoms with Crippen LogP contribution < -0.4 is 10.1 Å². The number of azide groups is 1. The molecule has 1 aliphatic heterocycles. The first-order valence-electron chi connectivity index (χ1n) is 15.1. The maximum absolute atomic E-state index is 14.3. The van der Waals surface area contributed by atoms with Crippen LogP contribution >= 0.6 is 0 Å². The van der Waals surface area contributed by atoms with Gasteiger partial charge in [0.05, 0.1) is 23.8 Å². The molecule has 0 aromatic heterocycles. The van der Waals surface area contributed by atoms with E-state index in [4.69, 9.17) is 25.1 Å². The molecule has 0 radical (unpaired) electrons. The van der Waals surface area contributed by atoms with E-state index < -0.39 is 27.4 Å². The van der Waals surface area contributed by atoms with Crippen LogP contribution in [0.2, 0.25) is 0 Å².